The van der Waals surface area contributed by atoms with Crippen LogP contribution in [0, 0.1) is 6.92 Å². The van der Waals surface area contributed by atoms with E-state index in [2.05, 4.69) is 5.32 Å². The molecule has 2 aromatic rings. The van der Waals surface area contributed by atoms with Crippen LogP contribution in [0.3, 0.4) is 0 Å². The number of halogens is 1. The van der Waals surface area contributed by atoms with E-state index in [-0.39, 0.29) is 5.91 Å². The lowest BCUT2D eigenvalue weighted by Gasteiger charge is -2.31. The van der Waals surface area contributed by atoms with Gasteiger partial charge in [-0.15, -0.1) is 0 Å². The molecule has 0 aliphatic carbocycles. The summed E-state index contributed by atoms with van der Waals surface area (Å²) in [5.41, 5.74) is 2.38. The number of anilines is 1. The van der Waals surface area contributed by atoms with Gasteiger partial charge in [0.25, 0.3) is 0 Å². The van der Waals surface area contributed by atoms with Crippen molar-refractivity contribution in [3.63, 3.8) is 0 Å². The van der Waals surface area contributed by atoms with Crippen molar-refractivity contribution in [1.29, 1.82) is 0 Å². The van der Waals surface area contributed by atoms with Crippen LogP contribution in [0.15, 0.2) is 48.5 Å². The van der Waals surface area contributed by atoms with Crippen molar-refractivity contribution in [2.45, 2.75) is 39.2 Å². The average Bonchev–Trinajstić information content (AvgIpc) is 2.65. The van der Waals surface area contributed by atoms with Crippen molar-refractivity contribution in [2.24, 2.45) is 0 Å². The first-order chi connectivity index (χ1) is 13.2. The third kappa shape index (κ3) is 5.97. The zero-order valence-corrected chi connectivity index (χ0v) is 18.1. The molecule has 7 heteroatoms. The van der Waals surface area contributed by atoms with Gasteiger partial charge in [0.15, 0.2) is 0 Å². The number of hydrogen-bond acceptors (Lipinski definition) is 3. The Morgan fingerprint density at radius 3 is 2.46 bits per heavy atom. The molecule has 0 spiro atoms. The molecule has 0 saturated carbocycles. The summed E-state index contributed by atoms with van der Waals surface area (Å²) in [6, 6.07) is 14.2. The minimum absolute atomic E-state index is 0.305. The summed E-state index contributed by atoms with van der Waals surface area (Å²) in [7, 11) is -3.67. The minimum Gasteiger partial charge on any atom is -0.354 e. The predicted molar refractivity (Wildman–Crippen MR) is 115 cm³/mol. The number of aryl methyl sites for hydroxylation is 2. The Balaban J connectivity index is 2.12. The SMILES string of the molecule is CC[C@@H](C(=O)NCCCc1ccccc1)N(c1cc(Cl)ccc1C)S(C)(=O)=O. The molecule has 2 rings (SSSR count). The molecule has 0 unspecified atom stereocenters. The monoisotopic (exact) mass is 422 g/mol. The highest BCUT2D eigenvalue weighted by molar-refractivity contribution is 7.92. The second kappa shape index (κ2) is 9.94. The molecule has 152 valence electrons. The summed E-state index contributed by atoms with van der Waals surface area (Å²) in [4.78, 5) is 12.8. The number of nitrogens with zero attached hydrogens (tertiary/aromatic N) is 1. The van der Waals surface area contributed by atoms with Gasteiger partial charge in [-0.2, -0.15) is 0 Å². The van der Waals surface area contributed by atoms with Crippen molar-refractivity contribution in [2.75, 3.05) is 17.1 Å². The van der Waals surface area contributed by atoms with Crippen LogP contribution in [0.1, 0.15) is 30.9 Å². The molecular weight excluding hydrogens is 396 g/mol. The summed E-state index contributed by atoms with van der Waals surface area (Å²) in [6.07, 6.45) is 3.09. The summed E-state index contributed by atoms with van der Waals surface area (Å²) in [5.74, 6) is -0.305. The first-order valence-corrected chi connectivity index (χ1v) is 11.5. The molecule has 0 aliphatic rings. The lowest BCUT2D eigenvalue weighted by Crippen LogP contribution is -2.49. The highest BCUT2D eigenvalue weighted by atomic mass is 35.5. The third-order valence-corrected chi connectivity index (χ3v) is 5.92. The third-order valence-electron chi connectivity index (χ3n) is 4.52. The number of carbonyl (C=O) groups excluding carboxylic acids is 1. The van der Waals surface area contributed by atoms with Crippen molar-refractivity contribution in [3.05, 3.63) is 64.7 Å². The van der Waals surface area contributed by atoms with E-state index < -0.39 is 16.1 Å². The Bertz CT molecular complexity index is 901. The number of hydrogen-bond donors (Lipinski definition) is 1. The maximum absolute atomic E-state index is 12.8. The van der Waals surface area contributed by atoms with Crippen LogP contribution in [0.25, 0.3) is 0 Å². The molecule has 0 bridgehead atoms. The van der Waals surface area contributed by atoms with Gasteiger partial charge >= 0.3 is 0 Å². The first-order valence-electron chi connectivity index (χ1n) is 9.31. The van der Waals surface area contributed by atoms with Crippen LogP contribution >= 0.6 is 11.6 Å². The summed E-state index contributed by atoms with van der Waals surface area (Å²) in [5, 5.41) is 3.31. The standard InChI is InChI=1S/C21H27ClN2O3S/c1-4-19(21(25)23-14-8-11-17-9-6-5-7-10-17)24(28(3,26)27)20-15-18(22)13-12-16(20)2/h5-7,9-10,12-13,15,19H,4,8,11,14H2,1-3H3,(H,23,25)/t19-/m0/s1. The summed E-state index contributed by atoms with van der Waals surface area (Å²) >= 11 is 6.08. The van der Waals surface area contributed by atoms with Crippen LogP contribution in [0.4, 0.5) is 5.69 Å². The minimum atomic E-state index is -3.67. The lowest BCUT2D eigenvalue weighted by molar-refractivity contribution is -0.122. The number of amides is 1. The molecule has 0 heterocycles. The van der Waals surface area contributed by atoms with Gasteiger partial charge in [-0.1, -0.05) is 54.9 Å². The van der Waals surface area contributed by atoms with Crippen LogP contribution in [-0.4, -0.2) is 33.2 Å². The maximum atomic E-state index is 12.8. The Kier molecular flexibility index (Phi) is 7.89. The van der Waals surface area contributed by atoms with E-state index in [1.165, 1.54) is 9.87 Å². The van der Waals surface area contributed by atoms with Gasteiger partial charge in [0.2, 0.25) is 15.9 Å². The molecule has 1 N–H and O–H groups in total. The molecule has 0 saturated heterocycles. The highest BCUT2D eigenvalue weighted by Crippen LogP contribution is 2.29. The Labute approximate surface area is 172 Å². The molecule has 0 aromatic heterocycles. The van der Waals surface area contributed by atoms with Gasteiger partial charge < -0.3 is 5.32 Å². The van der Waals surface area contributed by atoms with Crippen molar-refractivity contribution >= 4 is 33.2 Å². The predicted octanol–water partition coefficient (Wildman–Crippen LogP) is 3.94. The Hall–Kier alpha value is -2.05. The topological polar surface area (TPSA) is 66.5 Å². The van der Waals surface area contributed by atoms with Crippen molar-refractivity contribution < 1.29 is 13.2 Å². The van der Waals surface area contributed by atoms with E-state index >= 15 is 0 Å². The molecule has 0 fully saturated rings. The van der Waals surface area contributed by atoms with E-state index in [0.29, 0.717) is 23.7 Å². The quantitative estimate of drug-likeness (QED) is 0.622. The van der Waals surface area contributed by atoms with Gasteiger partial charge in [0, 0.05) is 11.6 Å². The van der Waals surface area contributed by atoms with Gasteiger partial charge in [-0.3, -0.25) is 9.10 Å². The molecule has 0 aliphatic heterocycles. The first kappa shape index (κ1) is 22.2. The zero-order valence-electron chi connectivity index (χ0n) is 16.5. The molecular formula is C21H27ClN2O3S. The number of rotatable bonds is 9. The number of benzene rings is 2. The van der Waals surface area contributed by atoms with Gasteiger partial charge in [-0.05, 0) is 49.4 Å². The molecule has 5 nitrogen and oxygen atoms in total. The molecule has 0 radical (unpaired) electrons. The van der Waals surface area contributed by atoms with E-state index in [4.69, 9.17) is 11.6 Å². The van der Waals surface area contributed by atoms with Crippen LogP contribution < -0.4 is 9.62 Å². The fourth-order valence-corrected chi connectivity index (χ4v) is 4.55. The Morgan fingerprint density at radius 2 is 1.86 bits per heavy atom. The van der Waals surface area contributed by atoms with Crippen LogP contribution in [0.5, 0.6) is 0 Å². The Morgan fingerprint density at radius 1 is 1.18 bits per heavy atom. The van der Waals surface area contributed by atoms with Gasteiger partial charge in [-0.25, -0.2) is 8.42 Å². The zero-order chi connectivity index (χ0) is 20.7. The van der Waals surface area contributed by atoms with E-state index in [9.17, 15) is 13.2 Å². The van der Waals surface area contributed by atoms with Crippen molar-refractivity contribution in [3.8, 4) is 0 Å². The summed E-state index contributed by atoms with van der Waals surface area (Å²) in [6.45, 7) is 4.08. The molecule has 1 atom stereocenters. The van der Waals surface area contributed by atoms with Crippen LogP contribution in [0.2, 0.25) is 5.02 Å². The molecule has 1 amide bonds. The number of carbonyl (C=O) groups is 1. The van der Waals surface area contributed by atoms with E-state index in [0.717, 1.165) is 24.7 Å². The maximum Gasteiger partial charge on any atom is 0.243 e. The summed E-state index contributed by atoms with van der Waals surface area (Å²) < 4.78 is 26.2. The van der Waals surface area contributed by atoms with Crippen molar-refractivity contribution in [1.82, 2.24) is 5.32 Å². The normalized spacial score (nSPS) is 12.4. The lowest BCUT2D eigenvalue weighted by atomic mass is 10.1. The fourth-order valence-electron chi connectivity index (χ4n) is 3.12. The second-order valence-corrected chi connectivity index (χ2v) is 9.09. The molecule has 28 heavy (non-hydrogen) atoms. The smallest absolute Gasteiger partial charge is 0.243 e. The van der Waals surface area contributed by atoms with Crippen LogP contribution in [-0.2, 0) is 21.2 Å². The largest absolute Gasteiger partial charge is 0.354 e. The van der Waals surface area contributed by atoms with E-state index in [1.807, 2.05) is 30.3 Å². The van der Waals surface area contributed by atoms with Gasteiger partial charge in [0.05, 0.1) is 11.9 Å². The number of nitrogens with one attached hydrogen (secondary N) is 1. The second-order valence-electron chi connectivity index (χ2n) is 6.79. The average molecular weight is 423 g/mol. The van der Waals surface area contributed by atoms with Gasteiger partial charge in [0.1, 0.15) is 6.04 Å². The molecule has 2 aromatic carbocycles. The number of sulfonamides is 1. The van der Waals surface area contributed by atoms with E-state index in [1.54, 1.807) is 32.0 Å². The fraction of sp³-hybridized carbons (Fsp3) is 0.381. The highest BCUT2D eigenvalue weighted by Gasteiger charge is 2.32.